The number of nitrogens with zero attached hydrogens (tertiary/aromatic N) is 1. The summed E-state index contributed by atoms with van der Waals surface area (Å²) < 4.78 is 13.5. The van der Waals surface area contributed by atoms with E-state index in [1.807, 2.05) is 30.3 Å². The molecule has 4 rings (SSSR count). The number of para-hydroxylation sites is 1. The van der Waals surface area contributed by atoms with Gasteiger partial charge in [-0.25, -0.2) is 9.18 Å². The van der Waals surface area contributed by atoms with Gasteiger partial charge in [0.25, 0.3) is 0 Å². The van der Waals surface area contributed by atoms with Gasteiger partial charge in [-0.3, -0.25) is 0 Å². The van der Waals surface area contributed by atoms with E-state index in [1.54, 1.807) is 11.0 Å². The topological polar surface area (TPSA) is 48.1 Å². The summed E-state index contributed by atoms with van der Waals surface area (Å²) in [4.78, 5) is 17.5. The quantitative estimate of drug-likeness (QED) is 0.704. The van der Waals surface area contributed by atoms with E-state index in [1.165, 1.54) is 12.1 Å². The average Bonchev–Trinajstić information content (AvgIpc) is 2.93. The van der Waals surface area contributed by atoms with E-state index in [-0.39, 0.29) is 11.8 Å². The summed E-state index contributed by atoms with van der Waals surface area (Å²) in [5.74, 6) is -0.259. The van der Waals surface area contributed by atoms with Gasteiger partial charge in [0.05, 0.1) is 0 Å². The summed E-state index contributed by atoms with van der Waals surface area (Å²) in [5.41, 5.74) is 3.79. The smallest absolute Gasteiger partial charge is 0.322 e. The second-order valence-corrected chi connectivity index (χ2v) is 5.74. The second kappa shape index (κ2) is 5.43. The third-order valence-corrected chi connectivity index (χ3v) is 4.25. The van der Waals surface area contributed by atoms with Crippen LogP contribution in [-0.2, 0) is 13.0 Å². The van der Waals surface area contributed by atoms with E-state index in [0.717, 1.165) is 34.3 Å². The summed E-state index contributed by atoms with van der Waals surface area (Å²) in [6.07, 6.45) is 0.744. The number of halogens is 1. The lowest BCUT2D eigenvalue weighted by molar-refractivity contribution is 0.206. The van der Waals surface area contributed by atoms with Crippen LogP contribution in [-0.4, -0.2) is 22.5 Å². The first-order valence-corrected chi connectivity index (χ1v) is 7.60. The van der Waals surface area contributed by atoms with Crippen molar-refractivity contribution in [3.63, 3.8) is 0 Å². The molecule has 3 aromatic rings. The molecule has 5 heteroatoms. The highest BCUT2D eigenvalue weighted by Gasteiger charge is 2.24. The Morgan fingerprint density at radius 1 is 1.17 bits per heavy atom. The SMILES string of the molecule is O=C(Nc1ccccc1)N1CCc2[nH]c3ccc(F)cc3c2C1. The summed E-state index contributed by atoms with van der Waals surface area (Å²) >= 11 is 0. The van der Waals surface area contributed by atoms with Crippen LogP contribution in [0.5, 0.6) is 0 Å². The van der Waals surface area contributed by atoms with Crippen molar-refractivity contribution in [2.75, 3.05) is 11.9 Å². The standard InChI is InChI=1S/C18H16FN3O/c19-12-6-7-16-14(10-12)15-11-22(9-8-17(15)21-16)18(23)20-13-4-2-1-3-5-13/h1-7,10,21H,8-9,11H2,(H,20,23). The number of amides is 2. The monoisotopic (exact) mass is 309 g/mol. The Labute approximate surface area is 132 Å². The molecule has 1 aliphatic heterocycles. The Morgan fingerprint density at radius 2 is 2.00 bits per heavy atom. The minimum Gasteiger partial charge on any atom is -0.358 e. The molecule has 0 saturated heterocycles. The van der Waals surface area contributed by atoms with Gasteiger partial charge >= 0.3 is 6.03 Å². The molecule has 2 aromatic carbocycles. The molecule has 23 heavy (non-hydrogen) atoms. The van der Waals surface area contributed by atoms with Crippen LogP contribution in [0.1, 0.15) is 11.3 Å². The summed E-state index contributed by atoms with van der Waals surface area (Å²) in [6, 6.07) is 14.0. The van der Waals surface area contributed by atoms with Crippen LogP contribution >= 0.6 is 0 Å². The van der Waals surface area contributed by atoms with Gasteiger partial charge in [-0.1, -0.05) is 18.2 Å². The Hall–Kier alpha value is -2.82. The zero-order valence-electron chi connectivity index (χ0n) is 12.5. The molecule has 0 radical (unpaired) electrons. The van der Waals surface area contributed by atoms with Gasteiger partial charge < -0.3 is 15.2 Å². The first-order chi connectivity index (χ1) is 11.2. The first-order valence-electron chi connectivity index (χ1n) is 7.60. The maximum absolute atomic E-state index is 13.5. The van der Waals surface area contributed by atoms with Crippen molar-refractivity contribution < 1.29 is 9.18 Å². The molecular weight excluding hydrogens is 293 g/mol. The van der Waals surface area contributed by atoms with Gasteiger partial charge in [0.15, 0.2) is 0 Å². The highest BCUT2D eigenvalue weighted by molar-refractivity contribution is 5.91. The molecule has 0 bridgehead atoms. The Morgan fingerprint density at radius 3 is 2.83 bits per heavy atom. The molecule has 2 heterocycles. The van der Waals surface area contributed by atoms with Gasteiger partial charge in [-0.05, 0) is 30.3 Å². The van der Waals surface area contributed by atoms with Crippen LogP contribution in [0, 0.1) is 5.82 Å². The molecule has 1 aliphatic rings. The van der Waals surface area contributed by atoms with Crippen molar-refractivity contribution in [2.45, 2.75) is 13.0 Å². The molecule has 0 spiro atoms. The highest BCUT2D eigenvalue weighted by atomic mass is 19.1. The molecule has 0 unspecified atom stereocenters. The van der Waals surface area contributed by atoms with Crippen molar-refractivity contribution in [1.82, 2.24) is 9.88 Å². The fraction of sp³-hybridized carbons (Fsp3) is 0.167. The average molecular weight is 309 g/mol. The lowest BCUT2D eigenvalue weighted by atomic mass is 10.0. The Kier molecular flexibility index (Phi) is 3.26. The van der Waals surface area contributed by atoms with Crippen molar-refractivity contribution in [3.05, 3.63) is 65.6 Å². The minimum absolute atomic E-state index is 0.132. The number of aromatic amines is 1. The summed E-state index contributed by atoms with van der Waals surface area (Å²) in [5, 5.41) is 3.76. The van der Waals surface area contributed by atoms with Crippen LogP contribution in [0.15, 0.2) is 48.5 Å². The molecule has 1 aromatic heterocycles. The maximum Gasteiger partial charge on any atom is 0.322 e. The van der Waals surface area contributed by atoms with Crippen molar-refractivity contribution in [1.29, 1.82) is 0 Å². The number of benzene rings is 2. The summed E-state index contributed by atoms with van der Waals surface area (Å²) in [6.45, 7) is 1.12. The molecule has 0 fully saturated rings. The van der Waals surface area contributed by atoms with Crippen molar-refractivity contribution in [3.8, 4) is 0 Å². The Bertz CT molecular complexity index is 873. The number of carbonyl (C=O) groups is 1. The predicted octanol–water partition coefficient (Wildman–Crippen LogP) is 3.90. The molecule has 2 N–H and O–H groups in total. The number of hydrogen-bond donors (Lipinski definition) is 2. The molecule has 0 atom stereocenters. The van der Waals surface area contributed by atoms with E-state index < -0.39 is 0 Å². The zero-order chi connectivity index (χ0) is 15.8. The molecule has 4 nitrogen and oxygen atoms in total. The molecule has 0 aliphatic carbocycles. The number of anilines is 1. The number of fused-ring (bicyclic) bond motifs is 3. The van der Waals surface area contributed by atoms with E-state index in [4.69, 9.17) is 0 Å². The fourth-order valence-electron chi connectivity index (χ4n) is 3.08. The lowest BCUT2D eigenvalue weighted by Crippen LogP contribution is -2.38. The minimum atomic E-state index is -0.259. The Balaban J connectivity index is 1.59. The number of aromatic nitrogens is 1. The largest absolute Gasteiger partial charge is 0.358 e. The van der Waals surface area contributed by atoms with Gasteiger partial charge in [0.1, 0.15) is 5.82 Å². The van der Waals surface area contributed by atoms with Crippen LogP contribution in [0.3, 0.4) is 0 Å². The lowest BCUT2D eigenvalue weighted by Gasteiger charge is -2.27. The number of carbonyl (C=O) groups excluding carboxylic acids is 1. The van der Waals surface area contributed by atoms with E-state index in [9.17, 15) is 9.18 Å². The second-order valence-electron chi connectivity index (χ2n) is 5.74. The van der Waals surface area contributed by atoms with E-state index in [2.05, 4.69) is 10.3 Å². The number of rotatable bonds is 1. The fourth-order valence-corrected chi connectivity index (χ4v) is 3.08. The molecular formula is C18H16FN3O. The van der Waals surface area contributed by atoms with E-state index >= 15 is 0 Å². The molecule has 116 valence electrons. The summed E-state index contributed by atoms with van der Waals surface area (Å²) in [7, 11) is 0. The first kappa shape index (κ1) is 13.8. The van der Waals surface area contributed by atoms with Gasteiger partial charge in [0.2, 0.25) is 0 Å². The van der Waals surface area contributed by atoms with Gasteiger partial charge in [-0.2, -0.15) is 0 Å². The zero-order valence-corrected chi connectivity index (χ0v) is 12.5. The van der Waals surface area contributed by atoms with Crippen LogP contribution < -0.4 is 5.32 Å². The number of H-pyrrole nitrogens is 1. The predicted molar refractivity (Wildman–Crippen MR) is 87.8 cm³/mol. The number of urea groups is 1. The molecule has 2 amide bonds. The number of hydrogen-bond acceptors (Lipinski definition) is 1. The number of nitrogens with one attached hydrogen (secondary N) is 2. The highest BCUT2D eigenvalue weighted by Crippen LogP contribution is 2.28. The third-order valence-electron chi connectivity index (χ3n) is 4.25. The van der Waals surface area contributed by atoms with Gasteiger partial charge in [-0.15, -0.1) is 0 Å². The molecule has 0 saturated carbocycles. The maximum atomic E-state index is 13.5. The van der Waals surface area contributed by atoms with Crippen molar-refractivity contribution >= 4 is 22.6 Å². The van der Waals surface area contributed by atoms with Gasteiger partial charge in [0, 0.05) is 47.4 Å². The van der Waals surface area contributed by atoms with E-state index in [0.29, 0.717) is 13.1 Å². The normalized spacial score (nSPS) is 13.9. The van der Waals surface area contributed by atoms with Crippen LogP contribution in [0.4, 0.5) is 14.9 Å². The third kappa shape index (κ3) is 2.54. The van der Waals surface area contributed by atoms with Crippen LogP contribution in [0.2, 0.25) is 0 Å². The van der Waals surface area contributed by atoms with Crippen molar-refractivity contribution in [2.24, 2.45) is 0 Å². The van der Waals surface area contributed by atoms with Crippen LogP contribution in [0.25, 0.3) is 10.9 Å².